The third-order valence-corrected chi connectivity index (χ3v) is 10.7. The van der Waals surface area contributed by atoms with Gasteiger partial charge in [-0.3, -0.25) is 9.13 Å². The van der Waals surface area contributed by atoms with Crippen molar-refractivity contribution < 1.29 is 43.8 Å². The molecule has 0 bridgehead atoms. The Morgan fingerprint density at radius 1 is 0.672 bits per heavy atom. The molecule has 298 valence electrons. The summed E-state index contributed by atoms with van der Waals surface area (Å²) in [5, 5.41) is 1.88. The monoisotopic (exact) mass is 980 g/mol. The molecule has 7 aromatic carbocycles. The quantitative estimate of drug-likeness (QED) is 0.123. The van der Waals surface area contributed by atoms with E-state index in [1.807, 2.05) is 47.0 Å². The van der Waals surface area contributed by atoms with Crippen LogP contribution in [0.15, 0.2) is 179 Å². The molecule has 0 atom stereocenters. The molecule has 11 rings (SSSR count). The average molecular weight is 981 g/mol. The summed E-state index contributed by atoms with van der Waals surface area (Å²) in [7, 11) is 0. The molecule has 0 aliphatic carbocycles. The fourth-order valence-electron chi connectivity index (χ4n) is 7.91. The number of para-hydroxylation sites is 4. The van der Waals surface area contributed by atoms with Crippen LogP contribution in [-0.4, -0.2) is 18.7 Å². The number of benzene rings is 7. The van der Waals surface area contributed by atoms with E-state index < -0.39 is 66.2 Å². The molecular formula is C53H37N5O2Pt-2. The van der Waals surface area contributed by atoms with Crippen LogP contribution in [0, 0.1) is 18.5 Å². The average Bonchev–Trinajstić information content (AvgIpc) is 4.02. The molecule has 0 amide bonds. The zero-order valence-corrected chi connectivity index (χ0v) is 35.0. The van der Waals surface area contributed by atoms with E-state index >= 15 is 0 Å². The largest absolute Gasteiger partial charge is 0.472 e. The van der Waals surface area contributed by atoms with Crippen molar-refractivity contribution in [3.8, 4) is 45.1 Å². The number of aromatic nitrogens is 5. The number of nitrogens with zero attached hydrogens (tertiary/aromatic N) is 5. The fourth-order valence-corrected chi connectivity index (χ4v) is 7.91. The Balaban J connectivity index is 0.00000582. The van der Waals surface area contributed by atoms with Crippen LogP contribution < -0.4 is 10.3 Å². The zero-order chi connectivity index (χ0) is 49.2. The van der Waals surface area contributed by atoms with Crippen LogP contribution in [0.4, 0.5) is 0 Å². The summed E-state index contributed by atoms with van der Waals surface area (Å²) < 4.78 is 99.5. The van der Waals surface area contributed by atoms with E-state index in [9.17, 15) is 4.79 Å². The van der Waals surface area contributed by atoms with Gasteiger partial charge in [0, 0.05) is 38.4 Å². The van der Waals surface area contributed by atoms with Crippen LogP contribution >= 0.6 is 0 Å². The van der Waals surface area contributed by atoms with Crippen LogP contribution in [0.5, 0.6) is 0 Å². The van der Waals surface area contributed by atoms with Crippen LogP contribution in [0.3, 0.4) is 0 Å². The van der Waals surface area contributed by atoms with Crippen LogP contribution in [0.25, 0.3) is 89.1 Å². The first-order valence-electron chi connectivity index (χ1n) is 24.2. The Kier molecular flexibility index (Phi) is 6.93. The smallest absolute Gasteiger partial charge is 0.408 e. The van der Waals surface area contributed by atoms with Gasteiger partial charge in [-0.1, -0.05) is 153 Å². The molecule has 0 saturated heterocycles. The molecule has 0 saturated carbocycles. The van der Waals surface area contributed by atoms with Crippen molar-refractivity contribution in [2.24, 2.45) is 0 Å². The normalized spacial score (nSPS) is 14.1. The third-order valence-electron chi connectivity index (χ3n) is 10.7. The second-order valence-corrected chi connectivity index (χ2v) is 15.3. The first-order valence-corrected chi connectivity index (χ1v) is 19.2. The predicted octanol–water partition coefficient (Wildman–Crippen LogP) is 11.3. The molecular weight excluding hydrogens is 934 g/mol. The van der Waals surface area contributed by atoms with E-state index in [2.05, 4.69) is 45.3 Å². The molecule has 0 aliphatic rings. The molecule has 4 aromatic heterocycles. The molecule has 0 unspecified atom stereocenters. The molecule has 0 spiro atoms. The van der Waals surface area contributed by atoms with Gasteiger partial charge in [-0.05, 0) is 68.0 Å². The first kappa shape index (κ1) is 28.4. The summed E-state index contributed by atoms with van der Waals surface area (Å²) in [5.41, 5.74) is 4.85. The second-order valence-electron chi connectivity index (χ2n) is 15.3. The van der Waals surface area contributed by atoms with Gasteiger partial charge in [0.2, 0.25) is 0 Å². The minimum absolute atomic E-state index is 0. The van der Waals surface area contributed by atoms with Gasteiger partial charge in [0.15, 0.2) is 0 Å². The van der Waals surface area contributed by atoms with E-state index in [4.69, 9.17) is 23.1 Å². The number of pyridine rings is 1. The molecule has 8 heteroatoms. The summed E-state index contributed by atoms with van der Waals surface area (Å²) in [4.78, 5) is 18.8. The van der Waals surface area contributed by atoms with Crippen molar-refractivity contribution in [1.29, 1.82) is 0 Å². The number of imidazole rings is 1. The van der Waals surface area contributed by atoms with Gasteiger partial charge in [-0.2, -0.15) is 12.1 Å². The minimum atomic E-state index is -0.679. The first-order chi connectivity index (χ1) is 33.5. The number of rotatable bonds is 6. The van der Waals surface area contributed by atoms with Crippen molar-refractivity contribution in [1.82, 2.24) is 18.7 Å². The van der Waals surface area contributed by atoms with Gasteiger partial charge in [0.25, 0.3) is 6.33 Å². The SMILES string of the molecule is [2H]c1c([2H])c([2H])c(-c2cccc(-c3c([2H])c([2H])c([2H])c([2H])c3[2H])c2-[n+]2[c-]n(-c3[c-]c4c(cc3)oc(=O)n4-c3[c-]c4c(cc3)c3ccccc3n4-c3cc(C(C)(C)C)ccn3)c3ccccc32)c([2H])c1[2H].[Pt]. The van der Waals surface area contributed by atoms with Crippen LogP contribution in [-0.2, 0) is 26.5 Å². The van der Waals surface area contributed by atoms with Gasteiger partial charge in [-0.15, -0.1) is 29.7 Å². The number of oxazole rings is 1. The van der Waals surface area contributed by atoms with Crippen molar-refractivity contribution in [3.63, 3.8) is 0 Å². The minimum Gasteiger partial charge on any atom is -0.472 e. The van der Waals surface area contributed by atoms with Gasteiger partial charge in [0.05, 0.1) is 30.4 Å². The Morgan fingerprint density at radius 2 is 1.33 bits per heavy atom. The molecule has 4 heterocycles. The number of fused-ring (bicyclic) bond motifs is 5. The van der Waals surface area contributed by atoms with Crippen molar-refractivity contribution >= 4 is 43.9 Å². The molecule has 0 fully saturated rings. The molecule has 61 heavy (non-hydrogen) atoms. The van der Waals surface area contributed by atoms with Gasteiger partial charge in [0.1, 0.15) is 5.82 Å². The molecule has 0 radical (unpaired) electrons. The van der Waals surface area contributed by atoms with E-state index in [1.165, 1.54) is 4.57 Å². The molecule has 11 aromatic rings. The molecule has 0 aliphatic heterocycles. The van der Waals surface area contributed by atoms with Crippen molar-refractivity contribution in [3.05, 3.63) is 204 Å². The number of hydrogen-bond donors (Lipinski definition) is 0. The molecule has 0 N–H and O–H groups in total. The summed E-state index contributed by atoms with van der Waals surface area (Å²) in [5.74, 6) is 0.0122. The second kappa shape index (κ2) is 14.9. The Morgan fingerprint density at radius 3 is 2.05 bits per heavy atom. The molecule has 7 nitrogen and oxygen atoms in total. The van der Waals surface area contributed by atoms with Gasteiger partial charge >= 0.3 is 5.76 Å². The van der Waals surface area contributed by atoms with Crippen molar-refractivity contribution in [2.75, 3.05) is 0 Å². The van der Waals surface area contributed by atoms with Gasteiger partial charge < -0.3 is 13.6 Å². The van der Waals surface area contributed by atoms with Gasteiger partial charge in [-0.25, -0.2) is 9.78 Å². The fraction of sp³-hybridized carbons (Fsp3) is 0.0755. The van der Waals surface area contributed by atoms with E-state index in [0.29, 0.717) is 33.7 Å². The Labute approximate surface area is 380 Å². The predicted molar refractivity (Wildman–Crippen MR) is 238 cm³/mol. The maximum Gasteiger partial charge on any atom is 0.408 e. The van der Waals surface area contributed by atoms with Crippen LogP contribution in [0.1, 0.15) is 40.0 Å². The Hall–Kier alpha value is -7.08. The topological polar surface area (TPSA) is 61.8 Å². The Bertz CT molecular complexity index is 3970. The van der Waals surface area contributed by atoms with Crippen molar-refractivity contribution in [2.45, 2.75) is 26.2 Å². The maximum atomic E-state index is 14.0. The zero-order valence-electron chi connectivity index (χ0n) is 42.8. The van der Waals surface area contributed by atoms with E-state index in [0.717, 1.165) is 21.9 Å². The third kappa shape index (κ3) is 6.36. The van der Waals surface area contributed by atoms with Crippen LogP contribution in [0.2, 0.25) is 0 Å². The summed E-state index contributed by atoms with van der Waals surface area (Å²) in [6.45, 7) is 6.42. The standard InChI is InChI=1S/C53H37N5O2.Pt/c1-53(2,3)37-29-30-54-50(31-37)58-44-22-11-10-19-42(44)43-27-25-39(33-47(43)58)57-48-32-38(26-28-49(48)60-52(57)59)55-34-56(46-24-13-12-23-45(46)55)51-40(35-15-6-4-7-16-35)20-14-21-41(51)36-17-8-5-9-18-36;/h4-31H,1-3H3;/q-2;/i4D,5D,6D,7D,8D,9D,15D,16D,17D,18D;. The summed E-state index contributed by atoms with van der Waals surface area (Å²) in [6.07, 6.45) is 5.16. The summed E-state index contributed by atoms with van der Waals surface area (Å²) >= 11 is 0. The van der Waals surface area contributed by atoms with E-state index in [1.54, 1.807) is 69.9 Å². The van der Waals surface area contributed by atoms with E-state index in [-0.39, 0.29) is 65.5 Å². The summed E-state index contributed by atoms with van der Waals surface area (Å²) in [6, 6.07) is 32.4. The number of hydrogen-bond acceptors (Lipinski definition) is 3. The maximum absolute atomic E-state index is 14.0.